The first-order chi connectivity index (χ1) is 15.3. The van der Waals surface area contributed by atoms with Gasteiger partial charge in [-0.05, 0) is 43.3 Å². The third-order valence-corrected chi connectivity index (χ3v) is 5.93. The highest BCUT2D eigenvalue weighted by Crippen LogP contribution is 2.31. The first kappa shape index (κ1) is 21.8. The number of carbonyl (C=O) groups is 2. The zero-order chi connectivity index (χ0) is 23.0. The van der Waals surface area contributed by atoms with Crippen LogP contribution in [0.3, 0.4) is 0 Å². The van der Waals surface area contributed by atoms with Gasteiger partial charge in [-0.25, -0.2) is 14.2 Å². The molecule has 9 heteroatoms. The predicted molar refractivity (Wildman–Crippen MR) is 119 cm³/mol. The minimum Gasteiger partial charge on any atom is -0.494 e. The van der Waals surface area contributed by atoms with Crippen molar-refractivity contribution in [2.75, 3.05) is 26.7 Å². The van der Waals surface area contributed by atoms with Crippen molar-refractivity contribution in [3.05, 3.63) is 58.9 Å². The maximum Gasteiger partial charge on any atom is 0.407 e. The number of halogens is 2. The summed E-state index contributed by atoms with van der Waals surface area (Å²) in [5, 5.41) is 10.4. The molecule has 0 bridgehead atoms. The normalized spacial score (nSPS) is 16.3. The first-order valence-corrected chi connectivity index (χ1v) is 10.4. The molecule has 1 aliphatic heterocycles. The van der Waals surface area contributed by atoms with Crippen molar-refractivity contribution in [2.24, 2.45) is 0 Å². The molecule has 0 aliphatic carbocycles. The van der Waals surface area contributed by atoms with Gasteiger partial charge in [-0.2, -0.15) is 0 Å². The standard InChI is InChI=1S/C23H21ClFN3O4/c1-13-12-27(7-8-28(13)23(30)31)22(29)15-3-5-16-17(24)11-19(26-20(16)9-15)14-4-6-18(25)21(10-14)32-2/h3-6,9-11,13H,7-8,12H2,1-2H3,(H,30,31). The average Bonchev–Trinajstić information content (AvgIpc) is 2.78. The van der Waals surface area contributed by atoms with Gasteiger partial charge in [-0.1, -0.05) is 17.7 Å². The molecule has 0 spiro atoms. The van der Waals surface area contributed by atoms with Crippen molar-refractivity contribution in [2.45, 2.75) is 13.0 Å². The van der Waals surface area contributed by atoms with E-state index in [-0.39, 0.29) is 24.2 Å². The zero-order valence-corrected chi connectivity index (χ0v) is 18.3. The van der Waals surface area contributed by atoms with Crippen molar-refractivity contribution in [1.29, 1.82) is 0 Å². The minimum absolute atomic E-state index is 0.0964. The SMILES string of the molecule is COc1cc(-c2cc(Cl)c3ccc(C(=O)N4CCN(C(=O)O)C(C)C4)cc3n2)ccc1F. The summed E-state index contributed by atoms with van der Waals surface area (Å²) in [6.07, 6.45) is -0.987. The van der Waals surface area contributed by atoms with Crippen LogP contribution in [0.2, 0.25) is 5.02 Å². The first-order valence-electron chi connectivity index (χ1n) is 10.0. The van der Waals surface area contributed by atoms with E-state index in [1.165, 1.54) is 24.1 Å². The molecule has 0 radical (unpaired) electrons. The van der Waals surface area contributed by atoms with Crippen molar-refractivity contribution >= 4 is 34.5 Å². The largest absolute Gasteiger partial charge is 0.494 e. The molecule has 2 aromatic carbocycles. The van der Waals surface area contributed by atoms with Gasteiger partial charge in [-0.15, -0.1) is 0 Å². The number of amides is 2. The summed E-state index contributed by atoms with van der Waals surface area (Å²) in [5.41, 5.74) is 2.11. The monoisotopic (exact) mass is 457 g/mol. The van der Waals surface area contributed by atoms with Gasteiger partial charge in [0.05, 0.1) is 23.3 Å². The molecule has 4 rings (SSSR count). The number of piperazine rings is 1. The van der Waals surface area contributed by atoms with Gasteiger partial charge in [0.1, 0.15) is 0 Å². The van der Waals surface area contributed by atoms with Crippen LogP contribution in [0.25, 0.3) is 22.2 Å². The molecule has 1 unspecified atom stereocenters. The Morgan fingerprint density at radius 2 is 1.97 bits per heavy atom. The number of methoxy groups -OCH3 is 1. The Morgan fingerprint density at radius 3 is 2.66 bits per heavy atom. The quantitative estimate of drug-likeness (QED) is 0.625. The van der Waals surface area contributed by atoms with E-state index in [1.54, 1.807) is 42.2 Å². The van der Waals surface area contributed by atoms with E-state index in [9.17, 15) is 19.1 Å². The van der Waals surface area contributed by atoms with Crippen LogP contribution in [-0.4, -0.2) is 64.7 Å². The van der Waals surface area contributed by atoms with E-state index < -0.39 is 11.9 Å². The molecular weight excluding hydrogens is 437 g/mol. The smallest absolute Gasteiger partial charge is 0.407 e. The summed E-state index contributed by atoms with van der Waals surface area (Å²) in [4.78, 5) is 31.9. The summed E-state index contributed by atoms with van der Waals surface area (Å²) < 4.78 is 18.8. The van der Waals surface area contributed by atoms with Gasteiger partial charge in [0.15, 0.2) is 11.6 Å². The number of ether oxygens (including phenoxy) is 1. The molecular formula is C23H21ClFN3O4. The molecule has 32 heavy (non-hydrogen) atoms. The average molecular weight is 458 g/mol. The Kier molecular flexibility index (Phi) is 5.88. The number of aromatic nitrogens is 1. The van der Waals surface area contributed by atoms with E-state index in [4.69, 9.17) is 16.3 Å². The van der Waals surface area contributed by atoms with Crippen molar-refractivity contribution in [3.63, 3.8) is 0 Å². The lowest BCUT2D eigenvalue weighted by Gasteiger charge is -2.38. The maximum atomic E-state index is 13.8. The van der Waals surface area contributed by atoms with Gasteiger partial charge < -0.3 is 19.6 Å². The molecule has 1 fully saturated rings. The molecule has 1 aromatic heterocycles. The summed E-state index contributed by atoms with van der Waals surface area (Å²) >= 11 is 6.46. The lowest BCUT2D eigenvalue weighted by molar-refractivity contribution is 0.0507. The minimum atomic E-state index is -0.987. The van der Waals surface area contributed by atoms with E-state index in [0.717, 1.165) is 0 Å². The molecule has 2 heterocycles. The van der Waals surface area contributed by atoms with Crippen LogP contribution in [0, 0.1) is 5.82 Å². The van der Waals surface area contributed by atoms with Crippen molar-refractivity contribution < 1.29 is 23.8 Å². The van der Waals surface area contributed by atoms with Crippen LogP contribution in [-0.2, 0) is 0 Å². The fraction of sp³-hybridized carbons (Fsp3) is 0.261. The number of pyridine rings is 1. The zero-order valence-electron chi connectivity index (χ0n) is 17.5. The van der Waals surface area contributed by atoms with Gasteiger partial charge in [0, 0.05) is 42.2 Å². The van der Waals surface area contributed by atoms with E-state index in [1.807, 2.05) is 0 Å². The highest BCUT2D eigenvalue weighted by atomic mass is 35.5. The summed E-state index contributed by atoms with van der Waals surface area (Å²) in [7, 11) is 1.39. The summed E-state index contributed by atoms with van der Waals surface area (Å²) in [6, 6.07) is 10.9. The lowest BCUT2D eigenvalue weighted by Crippen LogP contribution is -2.55. The Morgan fingerprint density at radius 1 is 1.19 bits per heavy atom. The van der Waals surface area contributed by atoms with Crippen molar-refractivity contribution in [1.82, 2.24) is 14.8 Å². The van der Waals surface area contributed by atoms with E-state index >= 15 is 0 Å². The Hall–Kier alpha value is -3.39. The fourth-order valence-electron chi connectivity index (χ4n) is 3.89. The number of rotatable bonds is 3. The van der Waals surface area contributed by atoms with Gasteiger partial charge in [-0.3, -0.25) is 4.79 Å². The highest BCUT2D eigenvalue weighted by Gasteiger charge is 2.30. The molecule has 2 amide bonds. The fourth-order valence-corrected chi connectivity index (χ4v) is 4.16. The van der Waals surface area contributed by atoms with Crippen LogP contribution >= 0.6 is 11.6 Å². The second-order valence-corrected chi connectivity index (χ2v) is 8.05. The Labute approximate surface area is 189 Å². The predicted octanol–water partition coefficient (Wildman–Crippen LogP) is 4.53. The molecule has 1 atom stereocenters. The molecule has 1 N–H and O–H groups in total. The van der Waals surface area contributed by atoms with Gasteiger partial charge in [0.25, 0.3) is 5.91 Å². The van der Waals surface area contributed by atoms with Crippen LogP contribution in [0.1, 0.15) is 17.3 Å². The van der Waals surface area contributed by atoms with Crippen molar-refractivity contribution in [3.8, 4) is 17.0 Å². The van der Waals surface area contributed by atoms with Gasteiger partial charge in [0.2, 0.25) is 0 Å². The lowest BCUT2D eigenvalue weighted by atomic mass is 10.1. The number of fused-ring (bicyclic) bond motifs is 1. The molecule has 166 valence electrons. The van der Waals surface area contributed by atoms with Crippen LogP contribution < -0.4 is 4.74 Å². The molecule has 1 aliphatic rings. The second-order valence-electron chi connectivity index (χ2n) is 7.65. The number of hydrogen-bond acceptors (Lipinski definition) is 4. The summed E-state index contributed by atoms with van der Waals surface area (Å²) in [6.45, 7) is 2.67. The highest BCUT2D eigenvalue weighted by molar-refractivity contribution is 6.35. The third kappa shape index (κ3) is 4.05. The molecule has 0 saturated carbocycles. The van der Waals surface area contributed by atoms with E-state index in [0.29, 0.717) is 45.8 Å². The molecule has 3 aromatic rings. The maximum absolute atomic E-state index is 13.8. The molecule has 7 nitrogen and oxygen atoms in total. The van der Waals surface area contributed by atoms with Crippen LogP contribution in [0.4, 0.5) is 9.18 Å². The number of benzene rings is 2. The Balaban J connectivity index is 1.66. The van der Waals surface area contributed by atoms with E-state index in [2.05, 4.69) is 4.98 Å². The number of carbonyl (C=O) groups excluding carboxylic acids is 1. The van der Waals surface area contributed by atoms with Crippen LogP contribution in [0.15, 0.2) is 42.5 Å². The third-order valence-electron chi connectivity index (χ3n) is 5.61. The number of nitrogens with zero attached hydrogens (tertiary/aromatic N) is 3. The number of carboxylic acid groups (broad SMARTS) is 1. The summed E-state index contributed by atoms with van der Waals surface area (Å²) in [5.74, 6) is -0.581. The topological polar surface area (TPSA) is 83.0 Å². The molecule has 1 saturated heterocycles. The van der Waals surface area contributed by atoms with Crippen LogP contribution in [0.5, 0.6) is 5.75 Å². The van der Waals surface area contributed by atoms with Gasteiger partial charge >= 0.3 is 6.09 Å². The number of hydrogen-bond donors (Lipinski definition) is 1. The Bertz CT molecular complexity index is 1220. The second kappa shape index (κ2) is 8.63.